The Morgan fingerprint density at radius 3 is 2.25 bits per heavy atom. The Morgan fingerprint density at radius 2 is 2.12 bits per heavy atom. The Balaban J connectivity index is 3.62. The summed E-state index contributed by atoms with van der Waals surface area (Å²) in [6, 6.07) is 0. The third kappa shape index (κ3) is 3.32. The number of hydrogen-bond donors (Lipinski definition) is 1. The molecule has 8 heavy (non-hydrogen) atoms. The molecule has 0 unspecified atom stereocenters. The number of ether oxygens (including phenoxy) is 1. The average molecular weight is 246 g/mol. The monoisotopic (exact) mass is 244 g/mol. The van der Waals surface area contributed by atoms with Gasteiger partial charge in [0.2, 0.25) is 0 Å². The largest absolute Gasteiger partial charge is 0.480 e. The van der Waals surface area contributed by atoms with Crippen molar-refractivity contribution >= 4 is 31.9 Å². The number of halogens is 2. The molecule has 0 aromatic carbocycles. The maximum atomic E-state index is 8.69. The molecule has 48 valence electrons. The van der Waals surface area contributed by atoms with Crippen LogP contribution in [0.25, 0.3) is 0 Å². The lowest BCUT2D eigenvalue weighted by Gasteiger charge is -1.98. The zero-order valence-electron chi connectivity index (χ0n) is 4.32. The highest BCUT2D eigenvalue weighted by Crippen LogP contribution is 2.17. The van der Waals surface area contributed by atoms with E-state index in [1.54, 1.807) is 6.92 Å². The van der Waals surface area contributed by atoms with Crippen molar-refractivity contribution in [1.29, 1.82) is 0 Å². The minimum atomic E-state index is -0.118. The Kier molecular flexibility index (Phi) is 4.36. The molecule has 0 fully saturated rings. The highest BCUT2D eigenvalue weighted by atomic mass is 79.9. The Labute approximate surface area is 64.8 Å². The van der Waals surface area contributed by atoms with Crippen molar-refractivity contribution < 1.29 is 9.84 Å². The smallest absolute Gasteiger partial charge is 0.298 e. The van der Waals surface area contributed by atoms with E-state index in [1.807, 2.05) is 0 Å². The lowest BCUT2D eigenvalue weighted by atomic mass is 10.8. The maximum Gasteiger partial charge on any atom is 0.298 e. The van der Waals surface area contributed by atoms with Crippen LogP contribution in [0.5, 0.6) is 0 Å². The summed E-state index contributed by atoms with van der Waals surface area (Å²) < 4.78 is 5.08. The van der Waals surface area contributed by atoms with Crippen molar-refractivity contribution in [1.82, 2.24) is 0 Å². The molecular formula is C4H6Br2O2. The molecule has 0 saturated carbocycles. The number of rotatable bonds is 2. The van der Waals surface area contributed by atoms with Crippen molar-refractivity contribution in [2.75, 3.05) is 6.61 Å². The molecule has 2 nitrogen and oxygen atoms in total. The predicted molar refractivity (Wildman–Crippen MR) is 39.1 cm³/mol. The SMILES string of the molecule is CCOC(O)=C(Br)Br. The van der Waals surface area contributed by atoms with Crippen LogP contribution in [0.15, 0.2) is 9.34 Å². The Morgan fingerprint density at radius 1 is 1.62 bits per heavy atom. The van der Waals surface area contributed by atoms with Gasteiger partial charge in [0, 0.05) is 0 Å². The highest BCUT2D eigenvalue weighted by molar-refractivity contribution is 9.28. The van der Waals surface area contributed by atoms with Gasteiger partial charge in [0.05, 0.1) is 6.61 Å². The fourth-order valence-electron chi connectivity index (χ4n) is 0.191. The lowest BCUT2D eigenvalue weighted by Crippen LogP contribution is -1.88. The summed E-state index contributed by atoms with van der Waals surface area (Å²) in [5.41, 5.74) is 0. The van der Waals surface area contributed by atoms with Crippen LogP contribution in [-0.2, 0) is 4.74 Å². The van der Waals surface area contributed by atoms with Crippen LogP contribution in [0.3, 0.4) is 0 Å². The first-order chi connectivity index (χ1) is 3.68. The summed E-state index contributed by atoms with van der Waals surface area (Å²) in [6.07, 6.45) is 0. The van der Waals surface area contributed by atoms with E-state index in [2.05, 4.69) is 36.6 Å². The molecule has 0 aliphatic rings. The average Bonchev–Trinajstić information content (AvgIpc) is 1.67. The molecule has 4 heteroatoms. The van der Waals surface area contributed by atoms with Gasteiger partial charge in [-0.15, -0.1) is 0 Å². The quantitative estimate of drug-likeness (QED) is 0.758. The summed E-state index contributed by atoms with van der Waals surface area (Å²) in [7, 11) is 0. The Hall–Kier alpha value is 0.300. The second-order valence-electron chi connectivity index (χ2n) is 0.999. The van der Waals surface area contributed by atoms with Crippen LogP contribution in [-0.4, -0.2) is 11.7 Å². The summed E-state index contributed by atoms with van der Waals surface area (Å²) in [6.45, 7) is 2.26. The molecule has 0 aromatic rings. The molecule has 0 spiro atoms. The normalized spacial score (nSPS) is 8.38. The number of hydrogen-bond acceptors (Lipinski definition) is 2. The molecule has 0 aromatic heterocycles. The van der Waals surface area contributed by atoms with Crippen LogP contribution in [0.1, 0.15) is 6.92 Å². The molecule has 0 amide bonds. The van der Waals surface area contributed by atoms with Gasteiger partial charge >= 0.3 is 0 Å². The summed E-state index contributed by atoms with van der Waals surface area (Å²) in [4.78, 5) is 0. The van der Waals surface area contributed by atoms with E-state index in [1.165, 1.54) is 0 Å². The lowest BCUT2D eigenvalue weighted by molar-refractivity contribution is 0.103. The third-order valence-electron chi connectivity index (χ3n) is 0.443. The van der Waals surface area contributed by atoms with Gasteiger partial charge in [0.1, 0.15) is 3.39 Å². The predicted octanol–water partition coefficient (Wildman–Crippen LogP) is 2.50. The fraction of sp³-hybridized carbons (Fsp3) is 0.500. The van der Waals surface area contributed by atoms with Crippen molar-refractivity contribution in [3.63, 3.8) is 0 Å². The number of aliphatic hydroxyl groups excluding tert-OH is 1. The van der Waals surface area contributed by atoms with Crippen LogP contribution >= 0.6 is 31.9 Å². The maximum absolute atomic E-state index is 8.69. The standard InChI is InChI=1S/C4H6Br2O2/c1-2-8-4(7)3(5)6/h7H,2H2,1H3. The van der Waals surface area contributed by atoms with Crippen LogP contribution in [0.2, 0.25) is 0 Å². The summed E-state index contributed by atoms with van der Waals surface area (Å²) in [5.74, 6) is -0.118. The van der Waals surface area contributed by atoms with Crippen molar-refractivity contribution in [3.8, 4) is 0 Å². The molecule has 0 aliphatic heterocycles. The molecule has 1 N–H and O–H groups in total. The van der Waals surface area contributed by atoms with E-state index in [9.17, 15) is 0 Å². The number of aliphatic hydroxyl groups is 1. The molecule has 0 rings (SSSR count). The van der Waals surface area contributed by atoms with Gasteiger partial charge in [0.15, 0.2) is 0 Å². The van der Waals surface area contributed by atoms with Crippen molar-refractivity contribution in [3.05, 3.63) is 9.34 Å². The van der Waals surface area contributed by atoms with E-state index in [-0.39, 0.29) is 5.95 Å². The summed E-state index contributed by atoms with van der Waals surface area (Å²) >= 11 is 5.92. The van der Waals surface area contributed by atoms with Gasteiger partial charge in [-0.2, -0.15) is 0 Å². The first-order valence-corrected chi connectivity index (χ1v) is 3.64. The first kappa shape index (κ1) is 8.30. The van der Waals surface area contributed by atoms with E-state index in [0.29, 0.717) is 10.00 Å². The van der Waals surface area contributed by atoms with Gasteiger partial charge in [-0.3, -0.25) is 0 Å². The van der Waals surface area contributed by atoms with Gasteiger partial charge < -0.3 is 9.84 Å². The molecule has 0 saturated heterocycles. The van der Waals surface area contributed by atoms with Crippen LogP contribution in [0, 0.1) is 0 Å². The van der Waals surface area contributed by atoms with E-state index in [0.717, 1.165) is 0 Å². The molecule has 0 radical (unpaired) electrons. The molecule has 0 aliphatic carbocycles. The zero-order valence-corrected chi connectivity index (χ0v) is 7.49. The Bertz CT molecular complexity index is 96.2. The second-order valence-corrected chi connectivity index (χ2v) is 3.65. The van der Waals surface area contributed by atoms with Gasteiger partial charge in [-0.05, 0) is 38.8 Å². The van der Waals surface area contributed by atoms with E-state index < -0.39 is 0 Å². The fourth-order valence-corrected chi connectivity index (χ4v) is 0.420. The summed E-state index contributed by atoms with van der Waals surface area (Å²) in [5, 5.41) is 8.69. The van der Waals surface area contributed by atoms with Gasteiger partial charge in [-0.1, -0.05) is 0 Å². The minimum absolute atomic E-state index is 0.118. The van der Waals surface area contributed by atoms with Crippen LogP contribution in [0.4, 0.5) is 0 Å². The molecule has 0 bridgehead atoms. The van der Waals surface area contributed by atoms with Gasteiger partial charge in [-0.25, -0.2) is 0 Å². The zero-order chi connectivity index (χ0) is 6.57. The highest BCUT2D eigenvalue weighted by Gasteiger charge is 1.95. The van der Waals surface area contributed by atoms with Gasteiger partial charge in [0.25, 0.3) is 5.95 Å². The van der Waals surface area contributed by atoms with Crippen LogP contribution < -0.4 is 0 Å². The third-order valence-corrected chi connectivity index (χ3v) is 1.12. The molecular weight excluding hydrogens is 240 g/mol. The van der Waals surface area contributed by atoms with E-state index >= 15 is 0 Å². The first-order valence-electron chi connectivity index (χ1n) is 2.05. The topological polar surface area (TPSA) is 29.5 Å². The molecule has 0 atom stereocenters. The molecule has 0 heterocycles. The van der Waals surface area contributed by atoms with Crippen molar-refractivity contribution in [2.24, 2.45) is 0 Å². The second kappa shape index (κ2) is 4.21. The van der Waals surface area contributed by atoms with Crippen molar-refractivity contribution in [2.45, 2.75) is 6.92 Å². The minimum Gasteiger partial charge on any atom is -0.480 e. The van der Waals surface area contributed by atoms with E-state index in [4.69, 9.17) is 5.11 Å².